The van der Waals surface area contributed by atoms with E-state index < -0.39 is 16.8 Å². The van der Waals surface area contributed by atoms with Crippen molar-refractivity contribution < 1.29 is 24.0 Å². The van der Waals surface area contributed by atoms with Crippen LogP contribution in [0, 0.1) is 10.1 Å². The van der Waals surface area contributed by atoms with Gasteiger partial charge in [0.15, 0.2) is 5.56 Å². The smallest absolute Gasteiger partial charge is 0.325 e. The van der Waals surface area contributed by atoms with Crippen LogP contribution >= 0.6 is 0 Å². The van der Waals surface area contributed by atoms with Crippen LogP contribution < -0.4 is 4.74 Å². The summed E-state index contributed by atoms with van der Waals surface area (Å²) in [6.45, 7) is 1.53. The van der Waals surface area contributed by atoms with Crippen LogP contribution in [0.5, 0.6) is 5.75 Å². The molecule has 0 unspecified atom stereocenters. The van der Waals surface area contributed by atoms with E-state index in [1.165, 1.54) is 32.4 Å². The molecule has 0 aromatic heterocycles. The number of likely N-dealkylation sites (N-methyl/N-ethyl adjacent to an activating group) is 1. The van der Waals surface area contributed by atoms with E-state index in [9.17, 15) is 19.7 Å². The number of benzene rings is 1. The third-order valence-electron chi connectivity index (χ3n) is 2.65. The molecule has 0 aliphatic carbocycles. The maximum absolute atomic E-state index is 12.3. The molecule has 0 fully saturated rings. The van der Waals surface area contributed by atoms with Gasteiger partial charge in [-0.25, -0.2) is 0 Å². The first kappa shape index (κ1) is 16.4. The average Bonchev–Trinajstić information content (AvgIpc) is 2.45. The molecule has 0 saturated heterocycles. The third-order valence-corrected chi connectivity index (χ3v) is 2.65. The monoisotopic (exact) mass is 296 g/mol. The van der Waals surface area contributed by atoms with Crippen LogP contribution in [0.3, 0.4) is 0 Å². The lowest BCUT2D eigenvalue weighted by Crippen LogP contribution is -2.33. The van der Waals surface area contributed by atoms with Gasteiger partial charge in [-0.1, -0.05) is 6.07 Å². The van der Waals surface area contributed by atoms with Crippen LogP contribution in [0.15, 0.2) is 18.2 Å². The quantitative estimate of drug-likeness (QED) is 0.445. The Bertz CT molecular complexity index is 558. The van der Waals surface area contributed by atoms with E-state index >= 15 is 0 Å². The molecule has 0 saturated carbocycles. The van der Waals surface area contributed by atoms with Gasteiger partial charge in [-0.2, -0.15) is 0 Å². The Kier molecular flexibility index (Phi) is 5.65. The standard InChI is InChI=1S/C13H16N2O6/c1-4-21-11(16)8-14(2)13(17)12-9(15(18)19)6-5-7-10(12)20-3/h5-7H,4,8H2,1-3H3. The van der Waals surface area contributed by atoms with Crippen LogP contribution in [0.25, 0.3) is 0 Å². The molecule has 1 rings (SSSR count). The number of nitrogens with zero attached hydrogens (tertiary/aromatic N) is 2. The number of nitro groups is 1. The second-order valence-electron chi connectivity index (χ2n) is 4.08. The van der Waals surface area contributed by atoms with Gasteiger partial charge < -0.3 is 14.4 Å². The molecule has 0 bridgehead atoms. The van der Waals surface area contributed by atoms with Gasteiger partial charge in [0, 0.05) is 13.1 Å². The fraction of sp³-hybridized carbons (Fsp3) is 0.385. The summed E-state index contributed by atoms with van der Waals surface area (Å²) in [4.78, 5) is 35.1. The lowest BCUT2D eigenvalue weighted by molar-refractivity contribution is -0.385. The zero-order valence-electron chi connectivity index (χ0n) is 12.0. The number of nitro benzene ring substituents is 1. The van der Waals surface area contributed by atoms with Crippen LogP contribution in [-0.4, -0.2) is 49.0 Å². The molecular weight excluding hydrogens is 280 g/mol. The molecule has 0 spiro atoms. The van der Waals surface area contributed by atoms with Gasteiger partial charge in [0.2, 0.25) is 0 Å². The van der Waals surface area contributed by atoms with Crippen LogP contribution in [0.4, 0.5) is 5.69 Å². The highest BCUT2D eigenvalue weighted by Crippen LogP contribution is 2.29. The first-order valence-electron chi connectivity index (χ1n) is 6.14. The summed E-state index contributed by atoms with van der Waals surface area (Å²) in [5.74, 6) is -1.21. The summed E-state index contributed by atoms with van der Waals surface area (Å²) >= 11 is 0. The number of amides is 1. The second-order valence-corrected chi connectivity index (χ2v) is 4.08. The summed E-state index contributed by atoms with van der Waals surface area (Å²) in [7, 11) is 2.66. The number of hydrogen-bond acceptors (Lipinski definition) is 6. The minimum Gasteiger partial charge on any atom is -0.496 e. The fourth-order valence-electron chi connectivity index (χ4n) is 1.72. The highest BCUT2D eigenvalue weighted by molar-refractivity contribution is 6.01. The van der Waals surface area contributed by atoms with Crippen molar-refractivity contribution in [2.75, 3.05) is 27.3 Å². The predicted molar refractivity (Wildman–Crippen MR) is 73.2 cm³/mol. The molecule has 1 aromatic rings. The summed E-state index contributed by atoms with van der Waals surface area (Å²) in [5, 5.41) is 11.0. The molecule has 0 heterocycles. The van der Waals surface area contributed by atoms with Crippen molar-refractivity contribution in [1.82, 2.24) is 4.90 Å². The van der Waals surface area contributed by atoms with Crippen molar-refractivity contribution in [2.24, 2.45) is 0 Å². The van der Waals surface area contributed by atoms with E-state index in [-0.39, 0.29) is 30.2 Å². The average molecular weight is 296 g/mol. The van der Waals surface area contributed by atoms with Crippen molar-refractivity contribution in [2.45, 2.75) is 6.92 Å². The van der Waals surface area contributed by atoms with Gasteiger partial charge in [-0.15, -0.1) is 0 Å². The van der Waals surface area contributed by atoms with Crippen LogP contribution in [0.1, 0.15) is 17.3 Å². The van der Waals surface area contributed by atoms with Gasteiger partial charge in [0.25, 0.3) is 11.6 Å². The molecule has 114 valence electrons. The third kappa shape index (κ3) is 3.91. The summed E-state index contributed by atoms with van der Waals surface area (Å²) in [6.07, 6.45) is 0. The largest absolute Gasteiger partial charge is 0.496 e. The summed E-state index contributed by atoms with van der Waals surface area (Å²) in [5.41, 5.74) is -0.577. The number of carbonyl (C=O) groups excluding carboxylic acids is 2. The Morgan fingerprint density at radius 2 is 2.05 bits per heavy atom. The zero-order chi connectivity index (χ0) is 16.0. The lowest BCUT2D eigenvalue weighted by atomic mass is 10.1. The molecule has 0 N–H and O–H groups in total. The molecule has 8 heteroatoms. The molecule has 1 amide bonds. The highest BCUT2D eigenvalue weighted by Gasteiger charge is 2.28. The number of rotatable bonds is 6. The molecular formula is C13H16N2O6. The van der Waals surface area contributed by atoms with Gasteiger partial charge in [-0.05, 0) is 13.0 Å². The van der Waals surface area contributed by atoms with Crippen LogP contribution in [0.2, 0.25) is 0 Å². The van der Waals surface area contributed by atoms with Gasteiger partial charge in [-0.3, -0.25) is 19.7 Å². The topological polar surface area (TPSA) is 99.0 Å². The Hall–Kier alpha value is -2.64. The summed E-state index contributed by atoms with van der Waals surface area (Å²) in [6, 6.07) is 4.06. The second kappa shape index (κ2) is 7.22. The van der Waals surface area contributed by atoms with E-state index in [0.29, 0.717) is 0 Å². The zero-order valence-corrected chi connectivity index (χ0v) is 12.0. The molecule has 0 radical (unpaired) electrons. The van der Waals surface area contributed by atoms with Crippen molar-refractivity contribution in [3.63, 3.8) is 0 Å². The maximum Gasteiger partial charge on any atom is 0.325 e. The lowest BCUT2D eigenvalue weighted by Gasteiger charge is -2.17. The van der Waals surface area contributed by atoms with Gasteiger partial charge in [0.05, 0.1) is 18.6 Å². The van der Waals surface area contributed by atoms with E-state index in [1.54, 1.807) is 6.92 Å². The van der Waals surface area contributed by atoms with Gasteiger partial charge >= 0.3 is 5.97 Å². The maximum atomic E-state index is 12.3. The number of ether oxygens (including phenoxy) is 2. The van der Waals surface area contributed by atoms with Crippen molar-refractivity contribution in [1.29, 1.82) is 0 Å². The minimum absolute atomic E-state index is 0.0740. The van der Waals surface area contributed by atoms with Crippen molar-refractivity contribution >= 4 is 17.6 Å². The first-order valence-corrected chi connectivity index (χ1v) is 6.14. The van der Waals surface area contributed by atoms with Crippen molar-refractivity contribution in [3.8, 4) is 5.75 Å². The summed E-state index contributed by atoms with van der Waals surface area (Å²) < 4.78 is 9.73. The Balaban J connectivity index is 3.11. The number of carbonyl (C=O) groups is 2. The molecule has 0 aliphatic heterocycles. The van der Waals surface area contributed by atoms with E-state index in [0.717, 1.165) is 4.90 Å². The molecule has 1 aromatic carbocycles. The highest BCUT2D eigenvalue weighted by atomic mass is 16.6. The Morgan fingerprint density at radius 1 is 1.38 bits per heavy atom. The number of methoxy groups -OCH3 is 1. The van der Waals surface area contributed by atoms with Crippen molar-refractivity contribution in [3.05, 3.63) is 33.9 Å². The van der Waals surface area contributed by atoms with E-state index in [4.69, 9.17) is 9.47 Å². The number of esters is 1. The Labute approximate surface area is 121 Å². The SMILES string of the molecule is CCOC(=O)CN(C)C(=O)c1c(OC)cccc1[N+](=O)[O-]. The van der Waals surface area contributed by atoms with Crippen LogP contribution in [-0.2, 0) is 9.53 Å². The van der Waals surface area contributed by atoms with E-state index in [2.05, 4.69) is 0 Å². The molecule has 0 aliphatic rings. The minimum atomic E-state index is -0.688. The Morgan fingerprint density at radius 3 is 2.57 bits per heavy atom. The predicted octanol–water partition coefficient (Wildman–Crippen LogP) is 1.24. The number of hydrogen-bond donors (Lipinski definition) is 0. The molecule has 8 nitrogen and oxygen atoms in total. The normalized spacial score (nSPS) is 9.86. The van der Waals surface area contributed by atoms with Gasteiger partial charge in [0.1, 0.15) is 12.3 Å². The fourth-order valence-corrected chi connectivity index (χ4v) is 1.72. The molecule has 21 heavy (non-hydrogen) atoms. The molecule has 0 atom stereocenters. The first-order chi connectivity index (χ1) is 9.92. The van der Waals surface area contributed by atoms with E-state index in [1.807, 2.05) is 0 Å².